The Balaban J connectivity index is 1.62. The van der Waals surface area contributed by atoms with Crippen LogP contribution >= 0.6 is 0 Å². The van der Waals surface area contributed by atoms with Gasteiger partial charge in [-0.05, 0) is 17.3 Å². The number of rotatable bonds is 2. The van der Waals surface area contributed by atoms with Gasteiger partial charge in [-0.1, -0.05) is 6.07 Å². The van der Waals surface area contributed by atoms with Crippen molar-refractivity contribution in [2.24, 2.45) is 0 Å². The van der Waals surface area contributed by atoms with Crippen molar-refractivity contribution in [1.29, 1.82) is 0 Å². The van der Waals surface area contributed by atoms with E-state index in [1.54, 1.807) is 11.1 Å². The fourth-order valence-corrected chi connectivity index (χ4v) is 2.07. The standard InChI is InChI=1S/C11H13N7O/c19-11(10-13-15-16-14-10)18-7-5-17(6-8-18)9-3-1-2-4-12-9/h1-4H,5-8H2,(H,13,14,15,16). The van der Waals surface area contributed by atoms with Crippen LogP contribution in [0.5, 0.6) is 0 Å². The number of carbonyl (C=O) groups excluding carboxylic acids is 1. The number of anilines is 1. The van der Waals surface area contributed by atoms with E-state index in [-0.39, 0.29) is 11.7 Å². The quantitative estimate of drug-likeness (QED) is 0.786. The van der Waals surface area contributed by atoms with Gasteiger partial charge in [-0.25, -0.2) is 4.98 Å². The number of carbonyl (C=O) groups is 1. The molecule has 1 amide bonds. The largest absolute Gasteiger partial charge is 0.353 e. The number of hydrogen-bond donors (Lipinski definition) is 1. The molecule has 8 nitrogen and oxygen atoms in total. The maximum absolute atomic E-state index is 12.0. The van der Waals surface area contributed by atoms with Crippen LogP contribution in [0.3, 0.4) is 0 Å². The minimum absolute atomic E-state index is 0.117. The molecule has 98 valence electrons. The molecular weight excluding hydrogens is 246 g/mol. The topological polar surface area (TPSA) is 90.9 Å². The molecule has 0 aliphatic carbocycles. The Bertz CT molecular complexity index is 533. The van der Waals surface area contributed by atoms with Crippen LogP contribution in [-0.4, -0.2) is 62.6 Å². The first-order valence-corrected chi connectivity index (χ1v) is 6.03. The van der Waals surface area contributed by atoms with Crippen molar-refractivity contribution < 1.29 is 4.79 Å². The monoisotopic (exact) mass is 259 g/mol. The Kier molecular flexibility index (Phi) is 3.05. The number of hydrogen-bond acceptors (Lipinski definition) is 6. The first kappa shape index (κ1) is 11.6. The molecule has 3 rings (SSSR count). The third-order valence-electron chi connectivity index (χ3n) is 3.08. The maximum Gasteiger partial charge on any atom is 0.295 e. The normalized spacial score (nSPS) is 15.6. The minimum atomic E-state index is -0.186. The van der Waals surface area contributed by atoms with Gasteiger partial charge in [0.2, 0.25) is 0 Å². The fourth-order valence-electron chi connectivity index (χ4n) is 2.07. The van der Waals surface area contributed by atoms with Gasteiger partial charge >= 0.3 is 0 Å². The van der Waals surface area contributed by atoms with Crippen molar-refractivity contribution in [3.05, 3.63) is 30.2 Å². The number of H-pyrrole nitrogens is 1. The zero-order valence-corrected chi connectivity index (χ0v) is 10.2. The second-order valence-electron chi connectivity index (χ2n) is 4.20. The smallest absolute Gasteiger partial charge is 0.295 e. The second-order valence-corrected chi connectivity index (χ2v) is 4.20. The number of nitrogens with zero attached hydrogens (tertiary/aromatic N) is 6. The lowest BCUT2D eigenvalue weighted by molar-refractivity contribution is 0.0734. The van der Waals surface area contributed by atoms with Crippen molar-refractivity contribution in [2.75, 3.05) is 31.1 Å². The highest BCUT2D eigenvalue weighted by molar-refractivity contribution is 5.90. The Morgan fingerprint density at radius 2 is 2.05 bits per heavy atom. The Hall–Kier alpha value is -2.51. The first-order chi connectivity index (χ1) is 9.34. The first-order valence-electron chi connectivity index (χ1n) is 6.03. The van der Waals surface area contributed by atoms with Crippen LogP contribution in [0, 0.1) is 0 Å². The number of tetrazole rings is 1. The zero-order valence-electron chi connectivity index (χ0n) is 10.2. The lowest BCUT2D eigenvalue weighted by Gasteiger charge is -2.34. The maximum atomic E-state index is 12.0. The number of aromatic nitrogens is 5. The molecule has 2 aromatic rings. The summed E-state index contributed by atoms with van der Waals surface area (Å²) in [7, 11) is 0. The summed E-state index contributed by atoms with van der Waals surface area (Å²) in [5, 5.41) is 13.1. The van der Waals surface area contributed by atoms with Gasteiger partial charge in [0.25, 0.3) is 11.7 Å². The third kappa shape index (κ3) is 2.37. The molecule has 0 bridgehead atoms. The van der Waals surface area contributed by atoms with Gasteiger partial charge in [-0.3, -0.25) is 4.79 Å². The summed E-state index contributed by atoms with van der Waals surface area (Å²) in [5.41, 5.74) is 0. The number of piperazine rings is 1. The van der Waals surface area contributed by atoms with E-state index in [9.17, 15) is 4.79 Å². The summed E-state index contributed by atoms with van der Waals surface area (Å²) in [4.78, 5) is 20.2. The predicted octanol–water partition coefficient (Wildman–Crippen LogP) is -0.443. The summed E-state index contributed by atoms with van der Waals surface area (Å²) >= 11 is 0. The summed E-state index contributed by atoms with van der Waals surface area (Å²) in [6.07, 6.45) is 1.77. The van der Waals surface area contributed by atoms with E-state index in [0.29, 0.717) is 13.1 Å². The van der Waals surface area contributed by atoms with Crippen LogP contribution in [0.1, 0.15) is 10.6 Å². The SMILES string of the molecule is O=C(c1nn[nH]n1)N1CCN(c2ccccn2)CC1. The highest BCUT2D eigenvalue weighted by Gasteiger charge is 2.24. The molecule has 1 N–H and O–H groups in total. The molecule has 0 aromatic carbocycles. The highest BCUT2D eigenvalue weighted by Crippen LogP contribution is 2.13. The van der Waals surface area contributed by atoms with Gasteiger partial charge in [0.1, 0.15) is 5.82 Å². The van der Waals surface area contributed by atoms with Crippen LogP contribution in [0.4, 0.5) is 5.82 Å². The lowest BCUT2D eigenvalue weighted by Crippen LogP contribution is -2.49. The van der Waals surface area contributed by atoms with E-state index in [1.165, 1.54) is 0 Å². The predicted molar refractivity (Wildman–Crippen MR) is 66.5 cm³/mol. The van der Waals surface area contributed by atoms with Crippen molar-refractivity contribution in [1.82, 2.24) is 30.5 Å². The Labute approximate surface area is 109 Å². The highest BCUT2D eigenvalue weighted by atomic mass is 16.2. The molecule has 1 aliphatic rings. The summed E-state index contributed by atoms with van der Waals surface area (Å²) in [5.74, 6) is 0.870. The molecule has 0 spiro atoms. The van der Waals surface area contributed by atoms with E-state index in [4.69, 9.17) is 0 Å². The number of aromatic amines is 1. The van der Waals surface area contributed by atoms with Crippen LogP contribution in [-0.2, 0) is 0 Å². The molecule has 1 fully saturated rings. The van der Waals surface area contributed by atoms with Crippen LogP contribution in [0.2, 0.25) is 0 Å². The summed E-state index contributed by atoms with van der Waals surface area (Å²) in [6, 6.07) is 5.81. The number of pyridine rings is 1. The molecule has 3 heterocycles. The van der Waals surface area contributed by atoms with Crippen LogP contribution < -0.4 is 4.90 Å². The molecule has 0 unspecified atom stereocenters. The van der Waals surface area contributed by atoms with E-state index in [0.717, 1.165) is 18.9 Å². The van der Waals surface area contributed by atoms with Crippen molar-refractivity contribution in [3.8, 4) is 0 Å². The van der Waals surface area contributed by atoms with Gasteiger partial charge in [-0.2, -0.15) is 5.21 Å². The molecule has 1 saturated heterocycles. The van der Waals surface area contributed by atoms with Gasteiger partial charge in [0, 0.05) is 32.4 Å². The zero-order chi connectivity index (χ0) is 13.1. The number of nitrogens with one attached hydrogen (secondary N) is 1. The molecule has 8 heteroatoms. The van der Waals surface area contributed by atoms with Gasteiger partial charge in [0.05, 0.1) is 0 Å². The molecule has 19 heavy (non-hydrogen) atoms. The van der Waals surface area contributed by atoms with Crippen molar-refractivity contribution >= 4 is 11.7 Å². The van der Waals surface area contributed by atoms with E-state index in [1.807, 2.05) is 18.2 Å². The Morgan fingerprint density at radius 3 is 2.68 bits per heavy atom. The molecular formula is C11H13N7O. The average Bonchev–Trinajstić information content (AvgIpc) is 3.02. The summed E-state index contributed by atoms with van der Waals surface area (Å²) in [6.45, 7) is 2.76. The number of amides is 1. The van der Waals surface area contributed by atoms with Crippen LogP contribution in [0.15, 0.2) is 24.4 Å². The van der Waals surface area contributed by atoms with E-state index < -0.39 is 0 Å². The van der Waals surface area contributed by atoms with Gasteiger partial charge in [-0.15, -0.1) is 10.2 Å². The Morgan fingerprint density at radius 1 is 1.21 bits per heavy atom. The molecule has 2 aromatic heterocycles. The van der Waals surface area contributed by atoms with Gasteiger partial charge < -0.3 is 9.80 Å². The molecule has 0 atom stereocenters. The van der Waals surface area contributed by atoms with Crippen molar-refractivity contribution in [3.63, 3.8) is 0 Å². The molecule has 0 radical (unpaired) electrons. The fraction of sp³-hybridized carbons (Fsp3) is 0.364. The molecule has 1 aliphatic heterocycles. The summed E-state index contributed by atoms with van der Waals surface area (Å²) < 4.78 is 0. The average molecular weight is 259 g/mol. The third-order valence-corrected chi connectivity index (χ3v) is 3.08. The lowest BCUT2D eigenvalue weighted by atomic mass is 10.3. The van der Waals surface area contributed by atoms with Gasteiger partial charge in [0.15, 0.2) is 0 Å². The van der Waals surface area contributed by atoms with Crippen molar-refractivity contribution in [2.45, 2.75) is 0 Å². The van der Waals surface area contributed by atoms with Crippen LogP contribution in [0.25, 0.3) is 0 Å². The van der Waals surface area contributed by atoms with E-state index in [2.05, 4.69) is 30.5 Å². The van der Waals surface area contributed by atoms with E-state index >= 15 is 0 Å². The minimum Gasteiger partial charge on any atom is -0.353 e. The molecule has 0 saturated carbocycles. The second kappa shape index (κ2) is 5.01.